The highest BCUT2D eigenvalue weighted by Crippen LogP contribution is 2.08. The normalized spacial score (nSPS) is 9.83. The molecule has 0 atom stereocenters. The largest absolute Gasteiger partial charge is 0.442 e. The molecule has 0 unspecified atom stereocenters. The van der Waals surface area contributed by atoms with Crippen LogP contribution in [0.1, 0.15) is 41.0 Å². The van der Waals surface area contributed by atoms with Gasteiger partial charge in [0.1, 0.15) is 5.60 Å². The summed E-state index contributed by atoms with van der Waals surface area (Å²) in [4.78, 5) is 16.2. The fourth-order valence-electron chi connectivity index (χ4n) is 0.888. The molecule has 1 aromatic rings. The molecule has 0 saturated carbocycles. The first-order valence-electron chi connectivity index (χ1n) is 6.10. The van der Waals surface area contributed by atoms with Crippen molar-refractivity contribution in [3.8, 4) is 5.75 Å². The molecule has 0 aliphatic heterocycles. The highest BCUT2D eigenvalue weighted by molar-refractivity contribution is 5.66. The van der Waals surface area contributed by atoms with Gasteiger partial charge < -0.3 is 9.57 Å². The number of ether oxygens (including phenoxy) is 1. The Labute approximate surface area is 109 Å². The Morgan fingerprint density at radius 1 is 1.17 bits per heavy atom. The van der Waals surface area contributed by atoms with Crippen LogP contribution in [-0.4, -0.2) is 11.7 Å². The Morgan fingerprint density at radius 2 is 1.67 bits per heavy atom. The molecule has 4 nitrogen and oxygen atoms in total. The van der Waals surface area contributed by atoms with Gasteiger partial charge in [0.15, 0.2) is 5.75 Å². The van der Waals surface area contributed by atoms with Gasteiger partial charge in [0.2, 0.25) is 0 Å². The molecule has 1 N–H and O–H groups in total. The van der Waals surface area contributed by atoms with Gasteiger partial charge in [-0.2, -0.15) is 5.48 Å². The van der Waals surface area contributed by atoms with Crippen molar-refractivity contribution in [3.63, 3.8) is 0 Å². The number of carbonyl (C=O) groups is 1. The molecular formula is C14H23NO3. The highest BCUT2D eigenvalue weighted by Gasteiger charge is 2.16. The molecule has 0 aromatic heterocycles. The lowest BCUT2D eigenvalue weighted by molar-refractivity contribution is 0.0287. The van der Waals surface area contributed by atoms with E-state index >= 15 is 0 Å². The predicted octanol–water partition coefficient (Wildman–Crippen LogP) is 3.92. The van der Waals surface area contributed by atoms with E-state index in [1.807, 2.05) is 18.2 Å². The number of benzene rings is 1. The fourth-order valence-corrected chi connectivity index (χ4v) is 0.888. The molecule has 0 bridgehead atoms. The lowest BCUT2D eigenvalue weighted by Crippen LogP contribution is -2.34. The molecule has 102 valence electrons. The smallest absolute Gasteiger partial charge is 0.441 e. The van der Waals surface area contributed by atoms with Crippen LogP contribution < -0.4 is 10.3 Å². The first kappa shape index (κ1) is 16.3. The molecule has 0 aliphatic carbocycles. The maximum absolute atomic E-state index is 11.2. The standard InChI is InChI=1S/C11H15NO3.C3H8/c1-11(2,3)14-10(13)12-15-9-7-5-4-6-8-9;1-3-2/h4-8H,1-3H3,(H,12,13);3H2,1-2H3. The van der Waals surface area contributed by atoms with Gasteiger partial charge in [0.25, 0.3) is 0 Å². The van der Waals surface area contributed by atoms with Crippen molar-refractivity contribution in [2.24, 2.45) is 0 Å². The quantitative estimate of drug-likeness (QED) is 0.812. The van der Waals surface area contributed by atoms with Crippen LogP contribution in [0.2, 0.25) is 0 Å². The molecule has 1 amide bonds. The van der Waals surface area contributed by atoms with Gasteiger partial charge in [-0.05, 0) is 32.9 Å². The number of amides is 1. The van der Waals surface area contributed by atoms with Crippen molar-refractivity contribution in [1.29, 1.82) is 0 Å². The molecule has 4 heteroatoms. The Bertz CT molecular complexity index is 331. The van der Waals surface area contributed by atoms with Crippen molar-refractivity contribution < 1.29 is 14.4 Å². The van der Waals surface area contributed by atoms with E-state index in [-0.39, 0.29) is 0 Å². The Morgan fingerprint density at radius 3 is 2.11 bits per heavy atom. The van der Waals surface area contributed by atoms with Crippen LogP contribution in [-0.2, 0) is 4.74 Å². The molecule has 0 radical (unpaired) electrons. The summed E-state index contributed by atoms with van der Waals surface area (Å²) in [5.74, 6) is 0.559. The maximum Gasteiger partial charge on any atom is 0.441 e. The topological polar surface area (TPSA) is 47.6 Å². The SMILES string of the molecule is CC(C)(C)OC(=O)NOc1ccccc1.CCC. The Kier molecular flexibility index (Phi) is 7.59. The lowest BCUT2D eigenvalue weighted by atomic mass is 10.2. The van der Waals surface area contributed by atoms with Crippen LogP contribution in [0.15, 0.2) is 30.3 Å². The maximum atomic E-state index is 11.2. The third-order valence-electron chi connectivity index (χ3n) is 1.39. The van der Waals surface area contributed by atoms with Crippen molar-refractivity contribution in [1.82, 2.24) is 5.48 Å². The fraction of sp³-hybridized carbons (Fsp3) is 0.500. The first-order valence-corrected chi connectivity index (χ1v) is 6.10. The van der Waals surface area contributed by atoms with Crippen molar-refractivity contribution >= 4 is 6.09 Å². The van der Waals surface area contributed by atoms with E-state index < -0.39 is 11.7 Å². The number of hydrogen-bond acceptors (Lipinski definition) is 3. The van der Waals surface area contributed by atoms with Crippen molar-refractivity contribution in [2.75, 3.05) is 0 Å². The summed E-state index contributed by atoms with van der Waals surface area (Å²) >= 11 is 0. The zero-order valence-electron chi connectivity index (χ0n) is 11.8. The number of hydrogen-bond donors (Lipinski definition) is 1. The van der Waals surface area contributed by atoms with Gasteiger partial charge in [0, 0.05) is 0 Å². The molecule has 0 heterocycles. The van der Waals surface area contributed by atoms with Gasteiger partial charge in [-0.25, -0.2) is 4.79 Å². The van der Waals surface area contributed by atoms with Crippen LogP contribution in [0.4, 0.5) is 4.79 Å². The van der Waals surface area contributed by atoms with Gasteiger partial charge in [0.05, 0.1) is 0 Å². The molecule has 1 aromatic carbocycles. The molecule has 0 fully saturated rings. The van der Waals surface area contributed by atoms with Gasteiger partial charge >= 0.3 is 6.09 Å². The van der Waals surface area contributed by atoms with Gasteiger partial charge in [-0.1, -0.05) is 38.5 Å². The minimum atomic E-state index is -0.605. The summed E-state index contributed by atoms with van der Waals surface area (Å²) in [6.07, 6.45) is 0.645. The summed E-state index contributed by atoms with van der Waals surface area (Å²) < 4.78 is 4.98. The molecule has 0 aliphatic rings. The number of para-hydroxylation sites is 1. The van der Waals surface area contributed by atoms with E-state index in [1.54, 1.807) is 32.9 Å². The molecule has 18 heavy (non-hydrogen) atoms. The van der Waals surface area contributed by atoms with Crippen LogP contribution in [0.5, 0.6) is 5.75 Å². The second-order valence-corrected chi connectivity index (χ2v) is 4.73. The Balaban J connectivity index is 0.000000873. The van der Waals surface area contributed by atoms with E-state index in [1.165, 1.54) is 6.42 Å². The molecule has 1 rings (SSSR count). The summed E-state index contributed by atoms with van der Waals surface area (Å²) in [6.45, 7) is 9.61. The number of rotatable bonds is 2. The third-order valence-corrected chi connectivity index (χ3v) is 1.39. The minimum absolute atomic E-state index is 0.524. The van der Waals surface area contributed by atoms with Gasteiger partial charge in [-0.15, -0.1) is 0 Å². The third kappa shape index (κ3) is 9.51. The summed E-state index contributed by atoms with van der Waals surface area (Å²) in [7, 11) is 0. The van der Waals surface area contributed by atoms with E-state index in [9.17, 15) is 4.79 Å². The highest BCUT2D eigenvalue weighted by atomic mass is 16.7. The van der Waals surface area contributed by atoms with Crippen molar-refractivity contribution in [2.45, 2.75) is 46.6 Å². The summed E-state index contributed by atoms with van der Waals surface area (Å²) in [5, 5.41) is 0. The lowest BCUT2D eigenvalue weighted by Gasteiger charge is -2.19. The number of nitrogens with one attached hydrogen (secondary N) is 1. The van der Waals surface area contributed by atoms with E-state index in [0.29, 0.717) is 5.75 Å². The second kappa shape index (κ2) is 8.39. The zero-order valence-corrected chi connectivity index (χ0v) is 11.8. The van der Waals surface area contributed by atoms with E-state index in [0.717, 1.165) is 0 Å². The molecular weight excluding hydrogens is 230 g/mol. The van der Waals surface area contributed by atoms with E-state index in [4.69, 9.17) is 9.57 Å². The molecule has 0 spiro atoms. The Hall–Kier alpha value is -1.71. The average molecular weight is 253 g/mol. The second-order valence-electron chi connectivity index (χ2n) is 4.73. The summed E-state index contributed by atoms with van der Waals surface area (Å²) in [5.41, 5.74) is 1.67. The average Bonchev–Trinajstić information content (AvgIpc) is 2.27. The molecule has 0 saturated heterocycles. The number of hydroxylamine groups is 1. The first-order chi connectivity index (χ1) is 8.39. The van der Waals surface area contributed by atoms with Gasteiger partial charge in [-0.3, -0.25) is 0 Å². The number of carbonyl (C=O) groups excluding carboxylic acids is 1. The zero-order chi connectivity index (χ0) is 14.0. The van der Waals surface area contributed by atoms with Crippen LogP contribution in [0.25, 0.3) is 0 Å². The minimum Gasteiger partial charge on any atom is -0.442 e. The summed E-state index contributed by atoms with van der Waals surface area (Å²) in [6, 6.07) is 8.95. The van der Waals surface area contributed by atoms with Crippen LogP contribution in [0, 0.1) is 0 Å². The van der Waals surface area contributed by atoms with E-state index in [2.05, 4.69) is 19.3 Å². The van der Waals surface area contributed by atoms with Crippen molar-refractivity contribution in [3.05, 3.63) is 30.3 Å². The van der Waals surface area contributed by atoms with Crippen LogP contribution >= 0.6 is 0 Å². The predicted molar refractivity (Wildman–Crippen MR) is 72.4 cm³/mol. The van der Waals surface area contributed by atoms with Crippen LogP contribution in [0.3, 0.4) is 0 Å². The monoisotopic (exact) mass is 253 g/mol.